The standard InChI is InChI=1S/C26H26N2O4/c1-19(2)23-13-6-7-14-25(23)32-16-15-27-26(29)24(21-10-4-3-5-11-21)18-20-9-8-12-22(17-20)28(30)31/h3-14,17-19H,15-16H2,1-2H3,(H,27,29)/b24-18+. The number of nitro benzene ring substituents is 1. The number of nitro groups is 1. The summed E-state index contributed by atoms with van der Waals surface area (Å²) in [6, 6.07) is 23.3. The molecule has 0 aliphatic carbocycles. The fourth-order valence-corrected chi connectivity index (χ4v) is 3.30. The zero-order valence-corrected chi connectivity index (χ0v) is 18.2. The van der Waals surface area contributed by atoms with Crippen LogP contribution in [0.1, 0.15) is 36.5 Å². The molecular formula is C26H26N2O4. The first-order valence-electron chi connectivity index (χ1n) is 10.5. The minimum Gasteiger partial charge on any atom is -0.491 e. The smallest absolute Gasteiger partial charge is 0.270 e. The Morgan fingerprint density at radius 3 is 2.47 bits per heavy atom. The third kappa shape index (κ3) is 6.04. The molecule has 0 aliphatic rings. The molecule has 0 radical (unpaired) electrons. The minimum absolute atomic E-state index is 0.0243. The van der Waals surface area contributed by atoms with Crippen LogP contribution in [0.3, 0.4) is 0 Å². The molecule has 3 aromatic carbocycles. The molecule has 0 spiro atoms. The van der Waals surface area contributed by atoms with Crippen LogP contribution in [0.2, 0.25) is 0 Å². The lowest BCUT2D eigenvalue weighted by Crippen LogP contribution is -2.29. The molecule has 0 bridgehead atoms. The fourth-order valence-electron chi connectivity index (χ4n) is 3.30. The van der Waals surface area contributed by atoms with E-state index in [0.29, 0.717) is 30.2 Å². The highest BCUT2D eigenvalue weighted by Crippen LogP contribution is 2.26. The van der Waals surface area contributed by atoms with Gasteiger partial charge in [-0.25, -0.2) is 0 Å². The van der Waals surface area contributed by atoms with E-state index in [9.17, 15) is 14.9 Å². The number of carbonyl (C=O) groups is 1. The Bertz CT molecular complexity index is 1110. The summed E-state index contributed by atoms with van der Waals surface area (Å²) in [7, 11) is 0. The van der Waals surface area contributed by atoms with Gasteiger partial charge in [-0.05, 0) is 34.8 Å². The summed E-state index contributed by atoms with van der Waals surface area (Å²) in [6.45, 7) is 4.86. The van der Waals surface area contributed by atoms with Gasteiger partial charge in [0.2, 0.25) is 0 Å². The van der Waals surface area contributed by atoms with Crippen molar-refractivity contribution >= 4 is 23.2 Å². The first-order valence-corrected chi connectivity index (χ1v) is 10.5. The minimum atomic E-state index is -0.452. The Morgan fingerprint density at radius 1 is 1.03 bits per heavy atom. The first kappa shape index (κ1) is 22.7. The highest BCUT2D eigenvalue weighted by molar-refractivity contribution is 6.24. The van der Waals surface area contributed by atoms with Gasteiger partial charge >= 0.3 is 0 Å². The maximum absolute atomic E-state index is 13.0. The van der Waals surface area contributed by atoms with Crippen molar-refractivity contribution in [3.63, 3.8) is 0 Å². The third-order valence-corrected chi connectivity index (χ3v) is 4.91. The Kier molecular flexibility index (Phi) is 7.75. The van der Waals surface area contributed by atoms with Gasteiger partial charge in [-0.2, -0.15) is 0 Å². The Labute approximate surface area is 187 Å². The average molecular weight is 431 g/mol. The van der Waals surface area contributed by atoms with E-state index in [0.717, 1.165) is 16.9 Å². The van der Waals surface area contributed by atoms with Gasteiger partial charge in [0.1, 0.15) is 12.4 Å². The topological polar surface area (TPSA) is 81.5 Å². The van der Waals surface area contributed by atoms with E-state index in [1.165, 1.54) is 12.1 Å². The van der Waals surface area contributed by atoms with Crippen LogP contribution >= 0.6 is 0 Å². The molecule has 0 aliphatic heterocycles. The highest BCUT2D eigenvalue weighted by atomic mass is 16.6. The zero-order valence-electron chi connectivity index (χ0n) is 18.2. The molecule has 32 heavy (non-hydrogen) atoms. The average Bonchev–Trinajstić information content (AvgIpc) is 2.81. The van der Waals surface area contributed by atoms with Crippen LogP contribution < -0.4 is 10.1 Å². The molecule has 1 N–H and O–H groups in total. The predicted octanol–water partition coefficient (Wildman–Crippen LogP) is 5.45. The van der Waals surface area contributed by atoms with Crippen molar-refractivity contribution in [3.8, 4) is 5.75 Å². The van der Waals surface area contributed by atoms with Crippen LogP contribution in [-0.2, 0) is 4.79 Å². The molecule has 0 aromatic heterocycles. The van der Waals surface area contributed by atoms with E-state index in [2.05, 4.69) is 19.2 Å². The lowest BCUT2D eigenvalue weighted by molar-refractivity contribution is -0.384. The van der Waals surface area contributed by atoms with Crippen LogP contribution in [-0.4, -0.2) is 24.0 Å². The lowest BCUT2D eigenvalue weighted by Gasteiger charge is -2.14. The maximum Gasteiger partial charge on any atom is 0.270 e. The number of non-ortho nitro benzene ring substituents is 1. The van der Waals surface area contributed by atoms with E-state index < -0.39 is 4.92 Å². The second-order valence-electron chi connectivity index (χ2n) is 7.57. The maximum atomic E-state index is 13.0. The van der Waals surface area contributed by atoms with Crippen molar-refractivity contribution in [1.29, 1.82) is 0 Å². The number of amides is 1. The van der Waals surface area contributed by atoms with Crippen molar-refractivity contribution in [1.82, 2.24) is 5.32 Å². The van der Waals surface area contributed by atoms with Crippen LogP contribution in [0.4, 0.5) is 5.69 Å². The number of ether oxygens (including phenoxy) is 1. The van der Waals surface area contributed by atoms with Crippen LogP contribution in [0.5, 0.6) is 5.75 Å². The molecule has 6 heteroatoms. The van der Waals surface area contributed by atoms with E-state index in [-0.39, 0.29) is 11.6 Å². The van der Waals surface area contributed by atoms with Gasteiger partial charge in [0.05, 0.1) is 11.5 Å². The summed E-state index contributed by atoms with van der Waals surface area (Å²) in [6.07, 6.45) is 1.66. The van der Waals surface area contributed by atoms with E-state index in [1.54, 1.807) is 18.2 Å². The quantitative estimate of drug-likeness (QED) is 0.161. The SMILES string of the molecule is CC(C)c1ccccc1OCCNC(=O)/C(=C/c1cccc([N+](=O)[O-])c1)c1ccccc1. The van der Waals surface area contributed by atoms with E-state index in [4.69, 9.17) is 4.74 Å². The van der Waals surface area contributed by atoms with Gasteiger partial charge in [0.15, 0.2) is 0 Å². The Morgan fingerprint density at radius 2 is 1.75 bits per heavy atom. The molecular weight excluding hydrogens is 404 g/mol. The van der Waals surface area contributed by atoms with Crippen molar-refractivity contribution in [2.45, 2.75) is 19.8 Å². The zero-order chi connectivity index (χ0) is 22.9. The molecule has 0 unspecified atom stereocenters. The molecule has 0 heterocycles. The van der Waals surface area contributed by atoms with Crippen LogP contribution in [0.25, 0.3) is 11.6 Å². The number of hydrogen-bond acceptors (Lipinski definition) is 4. The lowest BCUT2D eigenvalue weighted by atomic mass is 10.0. The molecule has 0 fully saturated rings. The summed E-state index contributed by atoms with van der Waals surface area (Å²) in [4.78, 5) is 23.6. The summed E-state index contributed by atoms with van der Waals surface area (Å²) in [5.74, 6) is 0.874. The van der Waals surface area contributed by atoms with Crippen LogP contribution in [0.15, 0.2) is 78.9 Å². The Hall–Kier alpha value is -3.93. The Balaban J connectivity index is 1.73. The monoisotopic (exact) mass is 430 g/mol. The van der Waals surface area contributed by atoms with Gasteiger partial charge in [-0.15, -0.1) is 0 Å². The second-order valence-corrected chi connectivity index (χ2v) is 7.57. The van der Waals surface area contributed by atoms with E-state index in [1.807, 2.05) is 54.6 Å². The molecule has 0 saturated heterocycles. The van der Waals surface area contributed by atoms with Gasteiger partial charge in [0, 0.05) is 17.7 Å². The fraction of sp³-hybridized carbons (Fsp3) is 0.192. The molecule has 3 aromatic rings. The number of nitrogens with one attached hydrogen (secondary N) is 1. The number of nitrogens with zero attached hydrogens (tertiary/aromatic N) is 1. The van der Waals surface area contributed by atoms with Crippen LogP contribution in [0, 0.1) is 10.1 Å². The summed E-state index contributed by atoms with van der Waals surface area (Å²) in [5.41, 5.74) is 2.82. The molecule has 0 atom stereocenters. The molecule has 0 saturated carbocycles. The van der Waals surface area contributed by atoms with Crippen molar-refractivity contribution < 1.29 is 14.5 Å². The summed E-state index contributed by atoms with van der Waals surface area (Å²) >= 11 is 0. The molecule has 6 nitrogen and oxygen atoms in total. The van der Waals surface area contributed by atoms with Gasteiger partial charge < -0.3 is 10.1 Å². The number of carbonyl (C=O) groups excluding carboxylic acids is 1. The summed E-state index contributed by atoms with van der Waals surface area (Å²) < 4.78 is 5.89. The molecule has 3 rings (SSSR count). The second kappa shape index (κ2) is 10.9. The van der Waals surface area contributed by atoms with Crippen molar-refractivity contribution in [2.24, 2.45) is 0 Å². The van der Waals surface area contributed by atoms with E-state index >= 15 is 0 Å². The predicted molar refractivity (Wildman–Crippen MR) is 126 cm³/mol. The highest BCUT2D eigenvalue weighted by Gasteiger charge is 2.13. The third-order valence-electron chi connectivity index (χ3n) is 4.91. The van der Waals surface area contributed by atoms with Gasteiger partial charge in [0.25, 0.3) is 11.6 Å². The van der Waals surface area contributed by atoms with Gasteiger partial charge in [-0.3, -0.25) is 14.9 Å². The molecule has 164 valence electrons. The van der Waals surface area contributed by atoms with Crippen molar-refractivity contribution in [2.75, 3.05) is 13.2 Å². The normalized spacial score (nSPS) is 11.3. The largest absolute Gasteiger partial charge is 0.491 e. The van der Waals surface area contributed by atoms with Crippen molar-refractivity contribution in [3.05, 3.63) is 106 Å². The number of para-hydroxylation sites is 1. The number of rotatable bonds is 9. The molecule has 1 amide bonds. The number of hydrogen-bond donors (Lipinski definition) is 1. The number of benzene rings is 3. The van der Waals surface area contributed by atoms with Gasteiger partial charge in [-0.1, -0.05) is 74.5 Å². The summed E-state index contributed by atoms with van der Waals surface area (Å²) in [5, 5.41) is 14.0. The first-order chi connectivity index (χ1) is 15.5.